The van der Waals surface area contributed by atoms with Crippen LogP contribution in [0, 0.1) is 0 Å². The Balaban J connectivity index is 4.37. The molecule has 0 rings (SSSR count). The van der Waals surface area contributed by atoms with Gasteiger partial charge in [0.1, 0.15) is 13.2 Å². The number of carbonyl (C=O) groups excluding carboxylic acids is 1. The summed E-state index contributed by atoms with van der Waals surface area (Å²) in [5.74, 6) is -0.222. The summed E-state index contributed by atoms with van der Waals surface area (Å²) < 4.78 is 22.9. The molecule has 0 radical (unpaired) electrons. The maximum atomic E-state index is 12.7. The van der Waals surface area contributed by atoms with Gasteiger partial charge in [-0.05, 0) is 57.8 Å². The average Bonchev–Trinajstić information content (AvgIpc) is 3.01. The highest BCUT2D eigenvalue weighted by Gasteiger charge is 2.23. The van der Waals surface area contributed by atoms with Gasteiger partial charge in [-0.15, -0.1) is 0 Å². The topological polar surface area (TPSA) is 108 Å². The van der Waals surface area contributed by atoms with E-state index in [1.54, 1.807) is 6.08 Å². The predicted molar refractivity (Wildman–Crippen MR) is 196 cm³/mol. The third kappa shape index (κ3) is 32.5. The van der Waals surface area contributed by atoms with E-state index in [0.29, 0.717) is 17.4 Å². The van der Waals surface area contributed by atoms with Crippen LogP contribution in [0.5, 0.6) is 0 Å². The molecule has 0 spiro atoms. The number of likely N-dealkylation sites (N-methyl/N-ethyl adjacent to an activating group) is 1. The molecule has 0 aliphatic rings. The zero-order chi connectivity index (χ0) is 35.1. The summed E-state index contributed by atoms with van der Waals surface area (Å²) in [7, 11) is 1.23. The number of rotatable bonds is 31. The van der Waals surface area contributed by atoms with Gasteiger partial charge in [-0.25, -0.2) is 0 Å². The van der Waals surface area contributed by atoms with E-state index in [2.05, 4.69) is 67.8 Å². The minimum atomic E-state index is -4.57. The minimum absolute atomic E-state index is 0.00798. The quantitative estimate of drug-likeness (QED) is 0.0329. The lowest BCUT2D eigenvalue weighted by atomic mass is 10.1. The van der Waals surface area contributed by atoms with E-state index in [1.165, 1.54) is 19.3 Å². The Bertz CT molecular complexity index is 954. The van der Waals surface area contributed by atoms with Crippen molar-refractivity contribution in [3.8, 4) is 0 Å². The van der Waals surface area contributed by atoms with E-state index in [1.807, 2.05) is 27.2 Å². The van der Waals surface area contributed by atoms with Crippen LogP contribution in [0.2, 0.25) is 0 Å². The molecule has 0 aliphatic carbocycles. The van der Waals surface area contributed by atoms with Gasteiger partial charge in [-0.2, -0.15) is 0 Å². The highest BCUT2D eigenvalue weighted by molar-refractivity contribution is 7.45. The first-order valence-electron chi connectivity index (χ1n) is 18.2. The lowest BCUT2D eigenvalue weighted by molar-refractivity contribution is -0.870. The van der Waals surface area contributed by atoms with Crippen molar-refractivity contribution in [1.29, 1.82) is 0 Å². The zero-order valence-corrected chi connectivity index (χ0v) is 31.3. The Labute approximate surface area is 288 Å². The van der Waals surface area contributed by atoms with E-state index in [0.717, 1.165) is 83.5 Å². The molecule has 8 nitrogen and oxygen atoms in total. The van der Waals surface area contributed by atoms with Gasteiger partial charge in [0, 0.05) is 6.42 Å². The number of hydrogen-bond acceptors (Lipinski definition) is 6. The molecule has 47 heavy (non-hydrogen) atoms. The number of aliphatic hydroxyl groups is 1. The molecule has 0 aromatic heterocycles. The number of nitrogens with zero attached hydrogens (tertiary/aromatic N) is 1. The number of amides is 1. The normalized spacial score (nSPS) is 15.5. The Kier molecular flexibility index (Phi) is 29.1. The standard InChI is InChI=1S/C38H69N2O6P/c1-6-8-10-12-14-15-16-17-18-19-20-21-22-23-24-25-26-28-30-32-38(42)39-36(37(41)31-29-27-13-11-9-7-2)35-46-47(43,44)45-34-33-40(3,4)5/h8,10,14-15,17-18,20-21,29,31,36-37,41H,6-7,9,11-13,16,19,22-28,30,32-35H2,1-5H3,(H-,39,42,43,44)/b10-8-,15-14-,18-17-,21-20-,31-29+. The van der Waals surface area contributed by atoms with Crippen molar-refractivity contribution >= 4 is 13.7 Å². The maximum absolute atomic E-state index is 12.7. The summed E-state index contributed by atoms with van der Waals surface area (Å²) in [6.45, 7) is 4.39. The highest BCUT2D eigenvalue weighted by Crippen LogP contribution is 2.38. The second kappa shape index (κ2) is 30.3. The summed E-state index contributed by atoms with van der Waals surface area (Å²) in [6, 6.07) is -0.892. The summed E-state index contributed by atoms with van der Waals surface area (Å²) in [4.78, 5) is 25.0. The second-order valence-electron chi connectivity index (χ2n) is 13.2. The van der Waals surface area contributed by atoms with Crippen molar-refractivity contribution in [2.24, 2.45) is 0 Å². The summed E-state index contributed by atoms with van der Waals surface area (Å²) >= 11 is 0. The van der Waals surface area contributed by atoms with Crippen molar-refractivity contribution in [2.75, 3.05) is 40.9 Å². The average molecular weight is 681 g/mol. The molecule has 272 valence electrons. The number of allylic oxidation sites excluding steroid dienone is 9. The molecule has 0 aliphatic heterocycles. The number of phosphoric ester groups is 1. The minimum Gasteiger partial charge on any atom is -0.756 e. The van der Waals surface area contributed by atoms with Crippen LogP contribution in [0.4, 0.5) is 0 Å². The molecule has 0 bridgehead atoms. The molecule has 0 aromatic carbocycles. The molecule has 0 heterocycles. The first-order valence-corrected chi connectivity index (χ1v) is 19.6. The number of quaternary nitrogens is 1. The molecule has 0 fully saturated rings. The number of aliphatic hydroxyl groups excluding tert-OH is 1. The van der Waals surface area contributed by atoms with Crippen LogP contribution < -0.4 is 10.2 Å². The molecule has 1 amide bonds. The maximum Gasteiger partial charge on any atom is 0.268 e. The van der Waals surface area contributed by atoms with Gasteiger partial charge in [-0.3, -0.25) is 9.36 Å². The van der Waals surface area contributed by atoms with Gasteiger partial charge in [-0.1, -0.05) is 120 Å². The van der Waals surface area contributed by atoms with E-state index in [-0.39, 0.29) is 12.5 Å². The monoisotopic (exact) mass is 680 g/mol. The van der Waals surface area contributed by atoms with Crippen LogP contribution in [0.1, 0.15) is 123 Å². The molecule has 2 N–H and O–H groups in total. The molecule has 3 unspecified atom stereocenters. The van der Waals surface area contributed by atoms with Crippen molar-refractivity contribution in [3.05, 3.63) is 60.8 Å². The number of hydrogen-bond donors (Lipinski definition) is 2. The van der Waals surface area contributed by atoms with E-state index in [4.69, 9.17) is 9.05 Å². The van der Waals surface area contributed by atoms with Crippen LogP contribution in [0.25, 0.3) is 0 Å². The number of nitrogens with one attached hydrogen (secondary N) is 1. The van der Waals surface area contributed by atoms with Gasteiger partial charge in [0.2, 0.25) is 5.91 Å². The van der Waals surface area contributed by atoms with Crippen molar-refractivity contribution in [1.82, 2.24) is 5.32 Å². The lowest BCUT2D eigenvalue weighted by Gasteiger charge is -2.29. The molecule has 0 saturated carbocycles. The number of carbonyl (C=O) groups is 1. The fraction of sp³-hybridized carbons (Fsp3) is 0.711. The predicted octanol–water partition coefficient (Wildman–Crippen LogP) is 8.49. The molecular weight excluding hydrogens is 611 g/mol. The van der Waals surface area contributed by atoms with Crippen LogP contribution in [0.3, 0.4) is 0 Å². The van der Waals surface area contributed by atoms with Crippen LogP contribution >= 0.6 is 7.82 Å². The highest BCUT2D eigenvalue weighted by atomic mass is 31.2. The Morgan fingerprint density at radius 1 is 0.766 bits per heavy atom. The lowest BCUT2D eigenvalue weighted by Crippen LogP contribution is -2.45. The first-order chi connectivity index (χ1) is 22.5. The molecule has 0 saturated heterocycles. The number of phosphoric acid groups is 1. The van der Waals surface area contributed by atoms with Gasteiger partial charge in [0.25, 0.3) is 7.82 Å². The van der Waals surface area contributed by atoms with Crippen LogP contribution in [-0.2, 0) is 18.4 Å². The molecule has 3 atom stereocenters. The third-order valence-corrected chi connectivity index (χ3v) is 8.45. The Hall–Kier alpha value is -1.80. The third-order valence-electron chi connectivity index (χ3n) is 7.48. The van der Waals surface area contributed by atoms with E-state index >= 15 is 0 Å². The SMILES string of the molecule is CC/C=C\C/C=C\C/C=C\C/C=C\CCCCCCCCC(=O)NC(COP(=O)([O-])OCC[N+](C)(C)C)C(O)/C=C/CCCCCC. The van der Waals surface area contributed by atoms with E-state index < -0.39 is 26.6 Å². The Morgan fingerprint density at radius 2 is 1.30 bits per heavy atom. The largest absolute Gasteiger partial charge is 0.756 e. The van der Waals surface area contributed by atoms with Crippen molar-refractivity contribution < 1.29 is 32.9 Å². The fourth-order valence-electron chi connectivity index (χ4n) is 4.55. The fourth-order valence-corrected chi connectivity index (χ4v) is 5.27. The van der Waals surface area contributed by atoms with Gasteiger partial charge >= 0.3 is 0 Å². The van der Waals surface area contributed by atoms with Crippen molar-refractivity contribution in [2.45, 2.75) is 135 Å². The number of unbranched alkanes of at least 4 members (excludes halogenated alkanes) is 10. The van der Waals surface area contributed by atoms with Crippen LogP contribution in [0.15, 0.2) is 60.8 Å². The molecule has 0 aromatic rings. The summed E-state index contributed by atoms with van der Waals surface area (Å²) in [5.41, 5.74) is 0. The van der Waals surface area contributed by atoms with E-state index in [9.17, 15) is 19.4 Å². The molecule has 9 heteroatoms. The van der Waals surface area contributed by atoms with Gasteiger partial charge in [0.15, 0.2) is 0 Å². The Morgan fingerprint density at radius 3 is 1.89 bits per heavy atom. The smallest absolute Gasteiger partial charge is 0.268 e. The van der Waals surface area contributed by atoms with Crippen LogP contribution in [-0.4, -0.2) is 68.5 Å². The first kappa shape index (κ1) is 45.2. The summed E-state index contributed by atoms with van der Waals surface area (Å²) in [6.07, 6.45) is 37.2. The van der Waals surface area contributed by atoms with Crippen molar-refractivity contribution in [3.63, 3.8) is 0 Å². The summed E-state index contributed by atoms with van der Waals surface area (Å²) in [5, 5.41) is 13.5. The zero-order valence-electron chi connectivity index (χ0n) is 30.5. The van der Waals surface area contributed by atoms with Gasteiger partial charge < -0.3 is 28.8 Å². The second-order valence-corrected chi connectivity index (χ2v) is 14.6. The van der Waals surface area contributed by atoms with Gasteiger partial charge in [0.05, 0.1) is 39.9 Å². The molecular formula is C38H69N2O6P.